The van der Waals surface area contributed by atoms with Crippen LogP contribution in [0.4, 0.5) is 17.1 Å². The first-order valence-corrected chi connectivity index (χ1v) is 25.7. The zero-order chi connectivity index (χ0) is 45.4. The van der Waals surface area contributed by atoms with Crippen LogP contribution < -0.4 is 10.1 Å². The summed E-state index contributed by atoms with van der Waals surface area (Å²) in [6.07, 6.45) is 1.70. The van der Waals surface area contributed by atoms with Gasteiger partial charge in [-0.25, -0.2) is 0 Å². The average molecular weight is 1050 g/mol. The fraction of sp³-hybridized carbons (Fsp3) is 0.117. The van der Waals surface area contributed by atoms with E-state index in [1.807, 2.05) is 68.6 Å². The summed E-state index contributed by atoms with van der Waals surface area (Å²) >= 11 is 0. The first-order chi connectivity index (χ1) is 32.0. The van der Waals surface area contributed by atoms with Crippen molar-refractivity contribution in [2.75, 3.05) is 4.90 Å². The Hall–Kier alpha value is -6.82. The van der Waals surface area contributed by atoms with E-state index in [4.69, 9.17) is 16.1 Å². The molecule has 11 rings (SSSR count). The Kier molecular flexibility index (Phi) is 12.4. The summed E-state index contributed by atoms with van der Waals surface area (Å²) in [6, 6.07) is 73.9. The molecular formula is C60H50IrN3OSi. The van der Waals surface area contributed by atoms with Gasteiger partial charge in [-0.3, -0.25) is 0 Å². The van der Waals surface area contributed by atoms with Gasteiger partial charge in [-0.2, -0.15) is 18.2 Å². The van der Waals surface area contributed by atoms with Gasteiger partial charge in [-0.15, -0.1) is 41.1 Å². The van der Waals surface area contributed by atoms with Crippen LogP contribution in [-0.2, 0) is 20.1 Å². The van der Waals surface area contributed by atoms with Crippen molar-refractivity contribution in [3.63, 3.8) is 0 Å². The summed E-state index contributed by atoms with van der Waals surface area (Å²) in [5.74, 6) is -0.642. The van der Waals surface area contributed by atoms with Gasteiger partial charge in [0.25, 0.3) is 0 Å². The predicted molar refractivity (Wildman–Crippen MR) is 275 cm³/mol. The number of furan rings is 1. The minimum Gasteiger partial charge on any atom is -0.661 e. The zero-order valence-electron chi connectivity index (χ0n) is 38.7. The molecule has 1 aliphatic heterocycles. The third-order valence-electron chi connectivity index (χ3n) is 12.2. The maximum absolute atomic E-state index is 8.58. The zero-order valence-corrected chi connectivity index (χ0v) is 41.1. The molecule has 1 aliphatic rings. The Labute approximate surface area is 404 Å². The number of nitrogens with zero attached hydrogens (tertiary/aromatic N) is 3. The monoisotopic (exact) mass is 1050 g/mol. The Morgan fingerprint density at radius 2 is 1.23 bits per heavy atom. The second-order valence-corrected chi connectivity index (χ2v) is 22.8. The van der Waals surface area contributed by atoms with Crippen molar-refractivity contribution >= 4 is 52.3 Å². The van der Waals surface area contributed by atoms with Gasteiger partial charge in [-0.1, -0.05) is 195 Å². The maximum Gasteiger partial charge on any atom is 3.00 e. The van der Waals surface area contributed by atoms with Crippen LogP contribution >= 0.6 is 0 Å². The quantitative estimate of drug-likeness (QED) is 0.113. The molecule has 0 amide bonds. The van der Waals surface area contributed by atoms with Gasteiger partial charge in [0.15, 0.2) is 0 Å². The van der Waals surface area contributed by atoms with Crippen molar-refractivity contribution in [1.82, 2.24) is 4.98 Å². The van der Waals surface area contributed by atoms with E-state index >= 15 is 0 Å². The van der Waals surface area contributed by atoms with Crippen LogP contribution in [0.2, 0.25) is 19.6 Å². The fourth-order valence-electron chi connectivity index (χ4n) is 8.79. The molecule has 2 aromatic heterocycles. The molecule has 1 atom stereocenters. The molecule has 10 aromatic rings. The van der Waals surface area contributed by atoms with E-state index in [1.165, 1.54) is 27.4 Å². The molecule has 4 nitrogen and oxygen atoms in total. The van der Waals surface area contributed by atoms with E-state index in [0.717, 1.165) is 72.5 Å². The van der Waals surface area contributed by atoms with Crippen molar-refractivity contribution in [3.05, 3.63) is 229 Å². The molecule has 0 N–H and O–H groups in total. The molecule has 0 saturated heterocycles. The number of hydrogen-bond donors (Lipinski definition) is 0. The van der Waals surface area contributed by atoms with Crippen molar-refractivity contribution in [2.24, 2.45) is 0 Å². The summed E-state index contributed by atoms with van der Waals surface area (Å²) in [6.45, 7) is 10.8. The van der Waals surface area contributed by atoms with Crippen LogP contribution in [0.25, 0.3) is 71.9 Å². The molecule has 66 heavy (non-hydrogen) atoms. The van der Waals surface area contributed by atoms with E-state index in [0.29, 0.717) is 0 Å². The molecule has 8 aromatic carbocycles. The van der Waals surface area contributed by atoms with E-state index in [1.54, 1.807) is 0 Å². The molecule has 0 bridgehead atoms. The van der Waals surface area contributed by atoms with Crippen LogP contribution in [0, 0.1) is 12.1 Å². The van der Waals surface area contributed by atoms with Crippen molar-refractivity contribution < 1.29 is 25.9 Å². The molecule has 0 radical (unpaired) electrons. The maximum atomic E-state index is 8.58. The predicted octanol–water partition coefficient (Wildman–Crippen LogP) is 16.5. The number of benzene rings is 8. The SMILES string of the molecule is [2H]C(C)(C)c1cc(-c2[c-]cc(-c3ccccc3)cc2)ncc1[Si](C)(C)C.[Ir+3].[c-]1ccc2c(oc3cc(-c4ccccc4)ccc32)c1C1[N-]c2ccccc2N1c1ccc(-c2ccccc2)cc1. The molecule has 0 spiro atoms. The van der Waals surface area contributed by atoms with Crippen LogP contribution in [0.1, 0.15) is 38.4 Å². The first kappa shape index (κ1) is 43.1. The second kappa shape index (κ2) is 19.0. The molecule has 3 heterocycles. The van der Waals surface area contributed by atoms with Gasteiger partial charge in [0, 0.05) is 29.9 Å². The number of rotatable bonds is 8. The number of pyridine rings is 1. The van der Waals surface area contributed by atoms with Crippen molar-refractivity contribution in [3.8, 4) is 44.6 Å². The summed E-state index contributed by atoms with van der Waals surface area (Å²) in [7, 11) is -1.56. The average Bonchev–Trinajstić information content (AvgIpc) is 3.93. The largest absolute Gasteiger partial charge is 3.00 e. The van der Waals surface area contributed by atoms with Crippen LogP contribution in [0.15, 0.2) is 205 Å². The Morgan fingerprint density at radius 3 is 1.86 bits per heavy atom. The number of fused-ring (bicyclic) bond motifs is 4. The summed E-state index contributed by atoms with van der Waals surface area (Å²) in [5.41, 5.74) is 15.7. The van der Waals surface area contributed by atoms with Gasteiger partial charge in [-0.05, 0) is 69.5 Å². The molecule has 0 aliphatic carbocycles. The molecule has 324 valence electrons. The third-order valence-corrected chi connectivity index (χ3v) is 14.2. The van der Waals surface area contributed by atoms with E-state index < -0.39 is 14.0 Å². The summed E-state index contributed by atoms with van der Waals surface area (Å²) in [5, 5.41) is 8.62. The third kappa shape index (κ3) is 8.93. The number of aromatic nitrogens is 1. The van der Waals surface area contributed by atoms with Crippen LogP contribution in [-0.4, -0.2) is 13.1 Å². The standard InChI is InChI=1S/C37H24N2O.C23H26NSi.Ir/c1-3-10-25(11-4-1)27-18-21-29(22-19-27)39-34-17-8-7-16-33(34)38-37(39)32-15-9-14-31-30-23-20-28(24-35(30)40-36(31)32)26-12-5-2-6-13-26;1-17(2)21-15-22(24-16-23(21)25(3,4)5)20-13-11-19(12-14-20)18-9-7-6-8-10-18;/h1-14,16-24,37H;6-13,15-17H,1-5H3;/q-2;-1;+3/i;17D;. The van der Waals surface area contributed by atoms with Crippen molar-refractivity contribution in [2.45, 2.75) is 45.5 Å². The van der Waals surface area contributed by atoms with Crippen LogP contribution in [0.5, 0.6) is 0 Å². The smallest absolute Gasteiger partial charge is 0.661 e. The van der Waals surface area contributed by atoms with E-state index in [2.05, 4.69) is 182 Å². The number of para-hydroxylation sites is 2. The summed E-state index contributed by atoms with van der Waals surface area (Å²) in [4.78, 5) is 7.00. The van der Waals surface area contributed by atoms with Gasteiger partial charge in [0.05, 0.1) is 8.07 Å². The van der Waals surface area contributed by atoms with Gasteiger partial charge in [0.1, 0.15) is 5.58 Å². The number of anilines is 2. The van der Waals surface area contributed by atoms with Gasteiger partial charge >= 0.3 is 20.1 Å². The van der Waals surface area contributed by atoms with Gasteiger partial charge < -0.3 is 19.6 Å². The fourth-order valence-corrected chi connectivity index (χ4v) is 10.4. The Balaban J connectivity index is 0.000000182. The normalized spacial score (nSPS) is 13.6. The van der Waals surface area contributed by atoms with Crippen LogP contribution in [0.3, 0.4) is 0 Å². The molecule has 0 saturated carbocycles. The molecule has 0 fully saturated rings. The second-order valence-electron chi connectivity index (χ2n) is 17.8. The molecule has 6 heteroatoms. The summed E-state index contributed by atoms with van der Waals surface area (Å²) < 4.78 is 15.2. The minimum absolute atomic E-state index is 0. The van der Waals surface area contributed by atoms with E-state index in [9.17, 15) is 0 Å². The molecular weight excluding hydrogens is 999 g/mol. The minimum atomic E-state index is -1.56. The topological polar surface area (TPSA) is 43.4 Å². The van der Waals surface area contributed by atoms with E-state index in [-0.39, 0.29) is 26.3 Å². The van der Waals surface area contributed by atoms with Gasteiger partial charge in [0.2, 0.25) is 0 Å². The Bertz CT molecular complexity index is 3290. The first-order valence-electron chi connectivity index (χ1n) is 22.7. The van der Waals surface area contributed by atoms with Crippen molar-refractivity contribution in [1.29, 1.82) is 0 Å². The molecule has 1 unspecified atom stereocenters. The Morgan fingerprint density at radius 1 is 0.636 bits per heavy atom. The number of hydrogen-bond acceptors (Lipinski definition) is 3.